The predicted octanol–water partition coefficient (Wildman–Crippen LogP) is 23.0. The molecule has 5 heterocycles. The maximum absolute atomic E-state index is 5.37. The zero-order valence-electron chi connectivity index (χ0n) is 46.7. The van der Waals surface area contributed by atoms with E-state index in [2.05, 4.69) is 261 Å². The lowest BCUT2D eigenvalue weighted by molar-refractivity contribution is 1.18. The lowest BCUT2D eigenvalue weighted by Gasteiger charge is -2.14. The largest absolute Gasteiger partial charge is 0.228 e. The highest BCUT2D eigenvalue weighted by Gasteiger charge is 2.20. The van der Waals surface area contributed by atoms with Gasteiger partial charge in [-0.3, -0.25) is 0 Å². The second-order valence-electron chi connectivity index (χ2n) is 22.1. The molecule has 0 bridgehead atoms. The van der Waals surface area contributed by atoms with Gasteiger partial charge >= 0.3 is 0 Å². The van der Waals surface area contributed by atoms with E-state index in [-0.39, 0.29) is 0 Å². The number of benzene rings is 12. The molecule has 17 rings (SSSR count). The number of nitrogens with zero attached hydrogens (tertiary/aromatic N) is 4. The molecular formula is C80H48N4S3. The van der Waals surface area contributed by atoms with Crippen molar-refractivity contribution in [2.75, 3.05) is 0 Å². The minimum absolute atomic E-state index is 0.693. The van der Waals surface area contributed by atoms with Crippen molar-refractivity contribution in [3.8, 4) is 112 Å². The van der Waals surface area contributed by atoms with Crippen LogP contribution in [0.15, 0.2) is 291 Å². The summed E-state index contributed by atoms with van der Waals surface area (Å²) in [5.74, 6) is 1.39. The Labute approximate surface area is 514 Å². The minimum atomic E-state index is 0.693. The average molecular weight is 1160 g/mol. The molecule has 0 aliphatic rings. The van der Waals surface area contributed by atoms with Gasteiger partial charge in [-0.25, -0.2) is 19.9 Å². The number of rotatable bonds is 10. The standard InChI is InChI=1S/C80H48N4S3/c1-4-16-51(17-5-1)69-48-72(84-80(81-69)55-20-8-3-9-21-55)60-43-58(61-24-14-26-65-63-22-10-13-29-74(63)86-77(61)65)42-59(44-60)62-25-15-27-66-68-46-57(39-41-76(68)87-78(62)66)50-32-36-53(37-33-50)71-47-70(82-79(83-71)54-18-6-2-7-19-54)52-34-30-49(31-35-52)56-38-40-75-67(45-56)64-23-11-12-28-73(64)85-75/h1-48H. The summed E-state index contributed by atoms with van der Waals surface area (Å²) in [4.78, 5) is 20.9. The molecule has 12 aromatic carbocycles. The fraction of sp³-hybridized carbons (Fsp3) is 0. The first-order valence-corrected chi connectivity index (χ1v) is 31.6. The first kappa shape index (κ1) is 50.9. The molecule has 0 radical (unpaired) electrons. The van der Waals surface area contributed by atoms with Gasteiger partial charge in [-0.15, -0.1) is 34.0 Å². The van der Waals surface area contributed by atoms with Crippen LogP contribution in [0, 0.1) is 0 Å². The number of aromatic nitrogens is 4. The summed E-state index contributed by atoms with van der Waals surface area (Å²) >= 11 is 5.56. The van der Waals surface area contributed by atoms with Crippen molar-refractivity contribution in [2.45, 2.75) is 0 Å². The van der Waals surface area contributed by atoms with Gasteiger partial charge in [0.2, 0.25) is 0 Å². The van der Waals surface area contributed by atoms with Crippen LogP contribution >= 0.6 is 34.0 Å². The summed E-state index contributed by atoms with van der Waals surface area (Å²) in [5.41, 5.74) is 18.9. The highest BCUT2D eigenvalue weighted by Crippen LogP contribution is 2.46. The van der Waals surface area contributed by atoms with E-state index in [1.54, 1.807) is 0 Å². The van der Waals surface area contributed by atoms with Crippen molar-refractivity contribution in [1.82, 2.24) is 19.9 Å². The number of hydrogen-bond donors (Lipinski definition) is 0. The summed E-state index contributed by atoms with van der Waals surface area (Å²) in [7, 11) is 0. The van der Waals surface area contributed by atoms with Gasteiger partial charge in [-0.2, -0.15) is 0 Å². The molecule has 406 valence electrons. The smallest absolute Gasteiger partial charge is 0.160 e. The molecule has 0 fully saturated rings. The Morgan fingerprint density at radius 3 is 1.02 bits per heavy atom. The van der Waals surface area contributed by atoms with E-state index in [0.29, 0.717) is 11.6 Å². The Balaban J connectivity index is 0.740. The van der Waals surface area contributed by atoms with E-state index in [1.165, 1.54) is 82.8 Å². The first-order chi connectivity index (χ1) is 43.0. The Morgan fingerprint density at radius 2 is 0.517 bits per heavy atom. The van der Waals surface area contributed by atoms with Gasteiger partial charge in [-0.1, -0.05) is 224 Å². The van der Waals surface area contributed by atoms with E-state index in [4.69, 9.17) is 19.9 Å². The van der Waals surface area contributed by atoms with Gasteiger partial charge in [0.05, 0.1) is 22.8 Å². The van der Waals surface area contributed by atoms with E-state index >= 15 is 0 Å². The average Bonchev–Trinajstić information content (AvgIpc) is 2.11. The fourth-order valence-corrected chi connectivity index (χ4v) is 15.9. The Kier molecular flexibility index (Phi) is 12.4. The first-order valence-electron chi connectivity index (χ1n) is 29.1. The molecule has 0 saturated carbocycles. The van der Waals surface area contributed by atoms with Gasteiger partial charge in [0.15, 0.2) is 11.6 Å². The van der Waals surface area contributed by atoms with Crippen LogP contribution in [0.5, 0.6) is 0 Å². The molecular weight excluding hydrogens is 1110 g/mol. The van der Waals surface area contributed by atoms with Crippen LogP contribution in [0.2, 0.25) is 0 Å². The second-order valence-corrected chi connectivity index (χ2v) is 25.2. The maximum atomic E-state index is 5.37. The summed E-state index contributed by atoms with van der Waals surface area (Å²) in [6.45, 7) is 0. The van der Waals surface area contributed by atoms with Crippen molar-refractivity contribution < 1.29 is 0 Å². The molecule has 0 aliphatic heterocycles. The van der Waals surface area contributed by atoms with E-state index in [1.807, 2.05) is 64.3 Å². The molecule has 0 atom stereocenters. The molecule has 87 heavy (non-hydrogen) atoms. The second kappa shape index (κ2) is 21.2. The summed E-state index contributed by atoms with van der Waals surface area (Å²) in [6, 6.07) is 105. The lowest BCUT2D eigenvalue weighted by atomic mass is 9.93. The van der Waals surface area contributed by atoms with Gasteiger partial charge in [-0.05, 0) is 111 Å². The Bertz CT molecular complexity index is 5440. The number of thiophene rings is 3. The third kappa shape index (κ3) is 9.28. The van der Waals surface area contributed by atoms with Crippen molar-refractivity contribution >= 4 is 94.5 Å². The molecule has 17 aromatic rings. The van der Waals surface area contributed by atoms with E-state index in [9.17, 15) is 0 Å². The molecule has 0 N–H and O–H groups in total. The molecule has 4 nitrogen and oxygen atoms in total. The van der Waals surface area contributed by atoms with Gasteiger partial charge in [0.25, 0.3) is 0 Å². The zero-order valence-corrected chi connectivity index (χ0v) is 49.2. The zero-order chi connectivity index (χ0) is 57.4. The van der Waals surface area contributed by atoms with E-state index in [0.717, 1.165) is 78.4 Å². The van der Waals surface area contributed by atoms with Crippen molar-refractivity contribution in [1.29, 1.82) is 0 Å². The van der Waals surface area contributed by atoms with Crippen LogP contribution < -0.4 is 0 Å². The summed E-state index contributed by atoms with van der Waals surface area (Å²) < 4.78 is 7.67. The lowest BCUT2D eigenvalue weighted by Crippen LogP contribution is -1.96. The molecule has 7 heteroatoms. The van der Waals surface area contributed by atoms with Crippen LogP contribution in [0.25, 0.3) is 173 Å². The quantitative estimate of drug-likeness (QED) is 0.137. The Morgan fingerprint density at radius 1 is 0.184 bits per heavy atom. The molecule has 0 saturated heterocycles. The highest BCUT2D eigenvalue weighted by molar-refractivity contribution is 7.27. The summed E-state index contributed by atoms with van der Waals surface area (Å²) in [6.07, 6.45) is 0. The van der Waals surface area contributed by atoms with Crippen molar-refractivity contribution in [2.24, 2.45) is 0 Å². The third-order valence-corrected chi connectivity index (χ3v) is 20.3. The molecule has 0 spiro atoms. The summed E-state index contributed by atoms with van der Waals surface area (Å²) in [5, 5.41) is 7.63. The van der Waals surface area contributed by atoms with Crippen LogP contribution in [0.1, 0.15) is 0 Å². The SMILES string of the molecule is c1ccc(-c2cc(-c3cc(-c4cccc5c4sc4ccccc45)cc(-c4cccc5c4sc4ccc(-c6ccc(-c7cc(-c8ccc(-c9ccc%10sc%11ccccc%11c%10c9)cc8)nc(-c8ccccc8)n7)cc6)cc45)c3)nc(-c3ccccc3)n2)cc1. The van der Waals surface area contributed by atoms with Crippen molar-refractivity contribution in [3.63, 3.8) is 0 Å². The predicted molar refractivity (Wildman–Crippen MR) is 371 cm³/mol. The monoisotopic (exact) mass is 1160 g/mol. The minimum Gasteiger partial charge on any atom is -0.228 e. The van der Waals surface area contributed by atoms with Crippen LogP contribution in [0.3, 0.4) is 0 Å². The molecule has 0 amide bonds. The topological polar surface area (TPSA) is 51.6 Å². The van der Waals surface area contributed by atoms with Crippen molar-refractivity contribution in [3.05, 3.63) is 291 Å². The highest BCUT2D eigenvalue weighted by atomic mass is 32.1. The number of fused-ring (bicyclic) bond motifs is 9. The Hall–Kier alpha value is -10.5. The molecule has 0 unspecified atom stereocenters. The maximum Gasteiger partial charge on any atom is 0.160 e. The van der Waals surface area contributed by atoms with Crippen LogP contribution in [0.4, 0.5) is 0 Å². The van der Waals surface area contributed by atoms with Crippen LogP contribution in [-0.2, 0) is 0 Å². The fourth-order valence-electron chi connectivity index (χ4n) is 12.4. The molecule has 0 aliphatic carbocycles. The number of hydrogen-bond acceptors (Lipinski definition) is 7. The normalized spacial score (nSPS) is 11.7. The molecule has 5 aromatic heterocycles. The van der Waals surface area contributed by atoms with Gasteiger partial charge in [0, 0.05) is 93.9 Å². The van der Waals surface area contributed by atoms with Gasteiger partial charge < -0.3 is 0 Å². The van der Waals surface area contributed by atoms with Crippen LogP contribution in [-0.4, -0.2) is 19.9 Å². The van der Waals surface area contributed by atoms with E-state index < -0.39 is 0 Å². The third-order valence-electron chi connectivity index (χ3n) is 16.7. The van der Waals surface area contributed by atoms with Gasteiger partial charge in [0.1, 0.15) is 0 Å².